The predicted octanol–water partition coefficient (Wildman–Crippen LogP) is 3.26. The number of fused-ring (bicyclic) bond motifs is 2. The lowest BCUT2D eigenvalue weighted by Crippen LogP contribution is -2.46. The molecule has 0 aromatic heterocycles. The number of hydrogen-bond acceptors (Lipinski definition) is 2. The molecule has 112 valence electrons. The first kappa shape index (κ1) is 13.2. The number of carbonyl (C=O) groups excluding carboxylic acids is 1. The van der Waals surface area contributed by atoms with Gasteiger partial charge in [0.2, 0.25) is 0 Å². The Hall–Kier alpha value is -2.49. The van der Waals surface area contributed by atoms with Gasteiger partial charge in [0, 0.05) is 24.6 Å². The number of benzene rings is 2. The molecule has 4 nitrogen and oxygen atoms in total. The maximum Gasteiger partial charge on any atom is 0.322 e. The average Bonchev–Trinajstić information content (AvgIpc) is 3.00. The summed E-state index contributed by atoms with van der Waals surface area (Å²) in [4.78, 5) is 14.2. The van der Waals surface area contributed by atoms with Crippen molar-refractivity contribution in [3.63, 3.8) is 0 Å². The summed E-state index contributed by atoms with van der Waals surface area (Å²) in [5.74, 6) is 0.915. The van der Waals surface area contributed by atoms with Crippen LogP contribution in [-0.4, -0.2) is 19.2 Å². The van der Waals surface area contributed by atoms with Gasteiger partial charge in [0.1, 0.15) is 5.75 Å². The molecule has 1 atom stereocenters. The van der Waals surface area contributed by atoms with Crippen molar-refractivity contribution in [2.24, 2.45) is 0 Å². The predicted molar refractivity (Wildman–Crippen MR) is 85.5 cm³/mol. The summed E-state index contributed by atoms with van der Waals surface area (Å²) in [5.41, 5.74) is 4.44. The van der Waals surface area contributed by atoms with Crippen molar-refractivity contribution in [2.75, 3.05) is 18.1 Å². The summed E-state index contributed by atoms with van der Waals surface area (Å²) in [6.07, 6.45) is 0.935. The molecule has 0 saturated heterocycles. The number of amides is 2. The zero-order chi connectivity index (χ0) is 15.1. The van der Waals surface area contributed by atoms with Crippen LogP contribution < -0.4 is 15.0 Å². The maximum atomic E-state index is 12.4. The van der Waals surface area contributed by atoms with Gasteiger partial charge in [0.15, 0.2) is 0 Å². The third-order valence-corrected chi connectivity index (χ3v) is 4.40. The van der Waals surface area contributed by atoms with Gasteiger partial charge in [-0.05, 0) is 24.1 Å². The summed E-state index contributed by atoms with van der Waals surface area (Å²) in [6, 6.07) is 14.2. The van der Waals surface area contributed by atoms with Crippen LogP contribution in [0.3, 0.4) is 0 Å². The minimum Gasteiger partial charge on any atom is -0.493 e. The van der Waals surface area contributed by atoms with Crippen molar-refractivity contribution < 1.29 is 9.53 Å². The number of hydrogen-bond donors (Lipinski definition) is 1. The molecule has 2 aliphatic rings. The maximum absolute atomic E-state index is 12.4. The molecule has 2 amide bonds. The van der Waals surface area contributed by atoms with Gasteiger partial charge in [-0.3, -0.25) is 4.90 Å². The number of ether oxygens (including phenoxy) is 1. The van der Waals surface area contributed by atoms with Gasteiger partial charge in [-0.15, -0.1) is 0 Å². The molecule has 2 heterocycles. The normalized spacial score (nSPS) is 19.2. The lowest BCUT2D eigenvalue weighted by molar-refractivity contribution is 0.243. The highest BCUT2D eigenvalue weighted by molar-refractivity contribution is 5.96. The minimum atomic E-state index is -0.0996. The van der Waals surface area contributed by atoms with E-state index < -0.39 is 0 Å². The highest BCUT2D eigenvalue weighted by atomic mass is 16.5. The Morgan fingerprint density at radius 2 is 2.09 bits per heavy atom. The first-order valence-electron chi connectivity index (χ1n) is 7.70. The highest BCUT2D eigenvalue weighted by Crippen LogP contribution is 2.40. The molecule has 2 aromatic carbocycles. The van der Waals surface area contributed by atoms with E-state index in [1.807, 2.05) is 31.2 Å². The summed E-state index contributed by atoms with van der Waals surface area (Å²) in [7, 11) is 0. The van der Waals surface area contributed by atoms with Crippen LogP contribution in [0.25, 0.3) is 0 Å². The fourth-order valence-electron chi connectivity index (χ4n) is 3.31. The van der Waals surface area contributed by atoms with Crippen LogP contribution in [0.5, 0.6) is 5.75 Å². The molecular formula is C18H18N2O2. The van der Waals surface area contributed by atoms with Crippen LogP contribution in [0.15, 0.2) is 42.5 Å². The van der Waals surface area contributed by atoms with E-state index in [9.17, 15) is 4.79 Å². The Morgan fingerprint density at radius 1 is 1.27 bits per heavy atom. The molecule has 0 fully saturated rings. The van der Waals surface area contributed by atoms with Crippen molar-refractivity contribution in [2.45, 2.75) is 19.4 Å². The van der Waals surface area contributed by atoms with Crippen molar-refractivity contribution >= 4 is 11.7 Å². The van der Waals surface area contributed by atoms with E-state index in [1.54, 1.807) is 4.90 Å². The van der Waals surface area contributed by atoms with Crippen molar-refractivity contribution in [1.82, 2.24) is 5.32 Å². The van der Waals surface area contributed by atoms with E-state index in [2.05, 4.69) is 23.5 Å². The van der Waals surface area contributed by atoms with E-state index in [1.165, 1.54) is 5.56 Å². The van der Waals surface area contributed by atoms with Gasteiger partial charge in [-0.25, -0.2) is 4.79 Å². The number of urea groups is 1. The second kappa shape index (κ2) is 5.05. The Labute approximate surface area is 129 Å². The fraction of sp³-hybridized carbons (Fsp3) is 0.278. The van der Waals surface area contributed by atoms with Crippen LogP contribution in [0.1, 0.15) is 29.7 Å². The van der Waals surface area contributed by atoms with E-state index in [0.717, 1.165) is 35.6 Å². The number of carbonyl (C=O) groups is 1. The Bertz CT molecular complexity index is 727. The molecule has 0 spiro atoms. The highest BCUT2D eigenvalue weighted by Gasteiger charge is 2.32. The lowest BCUT2D eigenvalue weighted by atomic mass is 9.92. The Balaban J connectivity index is 1.89. The lowest BCUT2D eigenvalue weighted by Gasteiger charge is -2.35. The quantitative estimate of drug-likeness (QED) is 0.923. The third-order valence-electron chi connectivity index (χ3n) is 4.40. The summed E-state index contributed by atoms with van der Waals surface area (Å²) < 4.78 is 5.68. The van der Waals surface area contributed by atoms with Crippen LogP contribution in [0.4, 0.5) is 10.5 Å². The zero-order valence-corrected chi connectivity index (χ0v) is 12.5. The molecule has 2 aromatic rings. The molecule has 0 radical (unpaired) electrons. The van der Waals surface area contributed by atoms with Gasteiger partial charge < -0.3 is 10.1 Å². The number of nitrogens with zero attached hydrogens (tertiary/aromatic N) is 1. The molecule has 4 heteroatoms. The van der Waals surface area contributed by atoms with Gasteiger partial charge in [0.25, 0.3) is 0 Å². The van der Waals surface area contributed by atoms with E-state index in [4.69, 9.17) is 4.74 Å². The first-order chi connectivity index (χ1) is 10.8. The van der Waals surface area contributed by atoms with Crippen molar-refractivity contribution in [3.05, 3.63) is 59.2 Å². The van der Waals surface area contributed by atoms with Gasteiger partial charge >= 0.3 is 6.03 Å². The molecule has 22 heavy (non-hydrogen) atoms. The van der Waals surface area contributed by atoms with Crippen molar-refractivity contribution in [3.8, 4) is 5.75 Å². The summed E-state index contributed by atoms with van der Waals surface area (Å²) >= 11 is 0. The van der Waals surface area contributed by atoms with E-state index in [-0.39, 0.29) is 12.1 Å². The van der Waals surface area contributed by atoms with Gasteiger partial charge in [-0.2, -0.15) is 0 Å². The zero-order valence-electron chi connectivity index (χ0n) is 12.5. The number of nitrogens with one attached hydrogen (secondary N) is 1. The Kier molecular flexibility index (Phi) is 3.03. The van der Waals surface area contributed by atoms with E-state index >= 15 is 0 Å². The third kappa shape index (κ3) is 1.95. The molecule has 1 N–H and O–H groups in total. The second-order valence-electron chi connectivity index (χ2n) is 5.65. The van der Waals surface area contributed by atoms with Gasteiger partial charge in [-0.1, -0.05) is 30.3 Å². The fourth-order valence-corrected chi connectivity index (χ4v) is 3.31. The smallest absolute Gasteiger partial charge is 0.322 e. The SMILES string of the molecule is CCN1C(=O)NC(c2ccccc2)c2cc3c(cc21)OCC3. The van der Waals surface area contributed by atoms with Crippen LogP contribution in [0, 0.1) is 0 Å². The van der Waals surface area contributed by atoms with Crippen LogP contribution in [0.2, 0.25) is 0 Å². The Morgan fingerprint density at radius 3 is 2.86 bits per heavy atom. The summed E-state index contributed by atoms with van der Waals surface area (Å²) in [6.45, 7) is 3.35. The van der Waals surface area contributed by atoms with E-state index in [0.29, 0.717) is 6.54 Å². The standard InChI is InChI=1S/C18H18N2O2/c1-2-20-15-11-16-13(8-9-22-16)10-14(15)17(19-18(20)21)12-6-4-3-5-7-12/h3-7,10-11,17H,2,8-9H2,1H3,(H,19,21). The summed E-state index contributed by atoms with van der Waals surface area (Å²) in [5, 5.41) is 3.13. The number of rotatable bonds is 2. The molecule has 2 aliphatic heterocycles. The average molecular weight is 294 g/mol. The van der Waals surface area contributed by atoms with Crippen molar-refractivity contribution in [1.29, 1.82) is 0 Å². The molecular weight excluding hydrogens is 276 g/mol. The topological polar surface area (TPSA) is 41.6 Å². The monoisotopic (exact) mass is 294 g/mol. The second-order valence-corrected chi connectivity index (χ2v) is 5.65. The minimum absolute atomic E-state index is 0.0539. The molecule has 0 aliphatic carbocycles. The molecule has 4 rings (SSSR count). The first-order valence-corrected chi connectivity index (χ1v) is 7.70. The van der Waals surface area contributed by atoms with Crippen LogP contribution in [-0.2, 0) is 6.42 Å². The molecule has 1 unspecified atom stereocenters. The van der Waals surface area contributed by atoms with Crippen LogP contribution >= 0.6 is 0 Å². The number of anilines is 1. The largest absolute Gasteiger partial charge is 0.493 e. The molecule has 0 bridgehead atoms. The van der Waals surface area contributed by atoms with Gasteiger partial charge in [0.05, 0.1) is 18.3 Å². The molecule has 0 saturated carbocycles.